The van der Waals surface area contributed by atoms with Gasteiger partial charge in [-0.3, -0.25) is 9.98 Å². The first-order valence-electron chi connectivity index (χ1n) is 23.7. The Morgan fingerprint density at radius 3 is 1.71 bits per heavy atom. The van der Waals surface area contributed by atoms with Crippen LogP contribution in [0.5, 0.6) is 0 Å². The molecule has 0 atom stereocenters. The van der Waals surface area contributed by atoms with Crippen LogP contribution in [0.2, 0.25) is 0 Å². The van der Waals surface area contributed by atoms with Crippen LogP contribution < -0.4 is 0 Å². The molecule has 0 spiro atoms. The quantitative estimate of drug-likeness (QED) is 0.105. The number of rotatable bonds is 9. The number of para-hydroxylation sites is 2. The van der Waals surface area contributed by atoms with E-state index in [0.29, 0.717) is 0 Å². The molecule has 13 aromatic rings. The Hall–Kier alpha value is -8.90. The molecule has 70 heavy (non-hydrogen) atoms. The van der Waals surface area contributed by atoms with Gasteiger partial charge in [0, 0.05) is 78.1 Å². The van der Waals surface area contributed by atoms with Crippen molar-refractivity contribution in [3.05, 3.63) is 242 Å². The van der Waals surface area contributed by atoms with Crippen LogP contribution in [0, 0.1) is 0 Å². The molecule has 0 bridgehead atoms. The maximum absolute atomic E-state index is 4.76. The van der Waals surface area contributed by atoms with Crippen LogP contribution in [-0.4, -0.2) is 27.4 Å². The van der Waals surface area contributed by atoms with E-state index in [1.807, 2.05) is 35.8 Å². The van der Waals surface area contributed by atoms with Gasteiger partial charge in [-0.1, -0.05) is 133 Å². The van der Waals surface area contributed by atoms with Gasteiger partial charge in [0.25, 0.3) is 0 Å². The molecule has 4 aromatic heterocycles. The average Bonchev–Trinajstić information content (AvgIpc) is 4.07. The molecule has 0 fully saturated rings. The van der Waals surface area contributed by atoms with Crippen LogP contribution in [0.3, 0.4) is 0 Å². The summed E-state index contributed by atoms with van der Waals surface area (Å²) in [4.78, 5) is 8.84. The van der Waals surface area contributed by atoms with Gasteiger partial charge in [-0.15, -0.1) is 11.3 Å². The van der Waals surface area contributed by atoms with Crippen molar-refractivity contribution in [1.29, 1.82) is 0 Å². The van der Waals surface area contributed by atoms with Crippen molar-refractivity contribution >= 4 is 87.4 Å². The van der Waals surface area contributed by atoms with Crippen LogP contribution in [0.25, 0.3) is 126 Å². The third kappa shape index (κ3) is 7.06. The highest BCUT2D eigenvalue weighted by molar-refractivity contribution is 7.25. The molecule has 0 N–H and O–H groups in total. The summed E-state index contributed by atoms with van der Waals surface area (Å²) in [5.74, 6) is 0. The minimum Gasteiger partial charge on any atom is -0.309 e. The maximum atomic E-state index is 4.76. The Bertz CT molecular complexity index is 4240. The van der Waals surface area contributed by atoms with Gasteiger partial charge in [0.2, 0.25) is 0 Å². The van der Waals surface area contributed by atoms with E-state index < -0.39 is 0 Å². The first-order valence-corrected chi connectivity index (χ1v) is 24.5. The van der Waals surface area contributed by atoms with Gasteiger partial charge in [0.15, 0.2) is 0 Å². The van der Waals surface area contributed by atoms with E-state index in [4.69, 9.17) is 4.98 Å². The second-order valence-corrected chi connectivity index (χ2v) is 18.8. The summed E-state index contributed by atoms with van der Waals surface area (Å²) in [5.41, 5.74) is 17.3. The summed E-state index contributed by atoms with van der Waals surface area (Å²) in [5, 5.41) is 7.43. The number of nitrogens with zero attached hydrogens (tertiary/aromatic N) is 4. The molecule has 0 aliphatic carbocycles. The largest absolute Gasteiger partial charge is 0.309 e. The second kappa shape index (κ2) is 17.3. The van der Waals surface area contributed by atoms with Gasteiger partial charge < -0.3 is 9.13 Å². The van der Waals surface area contributed by atoms with Gasteiger partial charge in [0.05, 0.1) is 27.8 Å². The number of benzene rings is 9. The summed E-state index contributed by atoms with van der Waals surface area (Å²) >= 11 is 1.86. The number of thiophene rings is 1. The van der Waals surface area contributed by atoms with Gasteiger partial charge in [0.1, 0.15) is 0 Å². The SMILES string of the molecule is C\N=C/C=C\C=C\c1ccccc1-c1ccc2c(c1)c1cc(-c3ccccc3-c3ccccn3)ccc1n2-c1ccc2sc3ccc(-c4ccc5c(c4)c4ccccc4n5-c4ccccc4)cc3c2c1. The molecule has 13 rings (SSSR count). The van der Waals surface area contributed by atoms with Crippen LogP contribution in [-0.2, 0) is 0 Å². The van der Waals surface area contributed by atoms with E-state index in [2.05, 4.69) is 233 Å². The third-order valence-electron chi connectivity index (χ3n) is 13.7. The Labute approximate surface area is 409 Å². The van der Waals surface area contributed by atoms with Crippen LogP contribution in [0.1, 0.15) is 5.56 Å². The molecule has 0 unspecified atom stereocenters. The zero-order valence-electron chi connectivity index (χ0n) is 38.4. The van der Waals surface area contributed by atoms with E-state index >= 15 is 0 Å². The van der Waals surface area contributed by atoms with Gasteiger partial charge in [-0.2, -0.15) is 0 Å². The Kier molecular flexibility index (Phi) is 10.2. The molecule has 4 heterocycles. The molecule has 330 valence electrons. The van der Waals surface area contributed by atoms with Crippen molar-refractivity contribution in [2.24, 2.45) is 4.99 Å². The molecule has 0 saturated heterocycles. The number of hydrogen-bond donors (Lipinski definition) is 0. The van der Waals surface area contributed by atoms with Crippen molar-refractivity contribution in [3.8, 4) is 56.0 Å². The standard InChI is InChI=1S/C65H44N4S/c1-66-36-14-3-4-16-43-17-7-8-20-50(43)46-27-32-62-55(40-46)56-41-47(51-21-9-10-22-52(51)59-24-13-15-37-67-59)28-33-63(56)69(62)49-30-35-65-58(42-49)57-39-45(29-34-64(57)70-65)44-26-31-61-54(38-44)53-23-11-12-25-60(53)68(61)48-18-5-2-6-19-48/h2-42H,1H3/b14-3-,16-4+,66-36-. The molecule has 9 aromatic carbocycles. The lowest BCUT2D eigenvalue weighted by atomic mass is 9.95. The predicted octanol–water partition coefficient (Wildman–Crippen LogP) is 17.6. The summed E-state index contributed by atoms with van der Waals surface area (Å²) in [6.07, 6.45) is 11.9. The van der Waals surface area contributed by atoms with Crippen molar-refractivity contribution in [2.75, 3.05) is 7.05 Å². The molecular weight excluding hydrogens is 869 g/mol. The first kappa shape index (κ1) is 41.3. The average molecular weight is 913 g/mol. The Morgan fingerprint density at radius 2 is 0.957 bits per heavy atom. The summed E-state index contributed by atoms with van der Waals surface area (Å²) < 4.78 is 7.39. The third-order valence-corrected chi connectivity index (χ3v) is 14.8. The van der Waals surface area contributed by atoms with Gasteiger partial charge in [-0.05, 0) is 142 Å². The fourth-order valence-corrected chi connectivity index (χ4v) is 11.5. The zero-order chi connectivity index (χ0) is 46.5. The van der Waals surface area contributed by atoms with Crippen molar-refractivity contribution in [3.63, 3.8) is 0 Å². The van der Waals surface area contributed by atoms with Crippen LogP contribution >= 0.6 is 11.3 Å². The predicted molar refractivity (Wildman–Crippen MR) is 300 cm³/mol. The molecule has 0 aliphatic rings. The van der Waals surface area contributed by atoms with E-state index in [1.165, 1.54) is 80.7 Å². The number of aromatic nitrogens is 3. The number of aliphatic imine (C=N–C) groups is 1. The summed E-state index contributed by atoms with van der Waals surface area (Å²) in [7, 11) is 1.78. The molecule has 4 nitrogen and oxygen atoms in total. The first-order chi connectivity index (χ1) is 34.7. The smallest absolute Gasteiger partial charge is 0.0708 e. The highest BCUT2D eigenvalue weighted by Crippen LogP contribution is 2.43. The number of pyridine rings is 1. The second-order valence-electron chi connectivity index (χ2n) is 17.7. The lowest BCUT2D eigenvalue weighted by Gasteiger charge is -2.11. The highest BCUT2D eigenvalue weighted by atomic mass is 32.1. The van der Waals surface area contributed by atoms with E-state index in [9.17, 15) is 0 Å². The minimum atomic E-state index is 0.958. The number of hydrogen-bond acceptors (Lipinski definition) is 3. The van der Waals surface area contributed by atoms with E-state index in [1.54, 1.807) is 13.3 Å². The Balaban J connectivity index is 0.971. The van der Waals surface area contributed by atoms with Crippen LogP contribution in [0.15, 0.2) is 242 Å². The summed E-state index contributed by atoms with van der Waals surface area (Å²) in [6.45, 7) is 0. The lowest BCUT2D eigenvalue weighted by Crippen LogP contribution is -1.94. The molecule has 0 amide bonds. The molecule has 0 radical (unpaired) electrons. The van der Waals surface area contributed by atoms with Gasteiger partial charge >= 0.3 is 0 Å². The zero-order valence-corrected chi connectivity index (χ0v) is 39.2. The molecule has 0 aliphatic heterocycles. The van der Waals surface area contributed by atoms with Crippen molar-refractivity contribution in [1.82, 2.24) is 14.1 Å². The lowest BCUT2D eigenvalue weighted by molar-refractivity contribution is 1.18. The Morgan fingerprint density at radius 1 is 0.400 bits per heavy atom. The van der Waals surface area contributed by atoms with Crippen molar-refractivity contribution < 1.29 is 0 Å². The van der Waals surface area contributed by atoms with Crippen LogP contribution in [0.4, 0.5) is 0 Å². The molecule has 0 saturated carbocycles. The number of allylic oxidation sites excluding steroid dienone is 3. The minimum absolute atomic E-state index is 0.958. The summed E-state index contributed by atoms with van der Waals surface area (Å²) in [6, 6.07) is 77.7. The number of fused-ring (bicyclic) bond motifs is 9. The maximum Gasteiger partial charge on any atom is 0.0708 e. The van der Waals surface area contributed by atoms with E-state index in [-0.39, 0.29) is 0 Å². The van der Waals surface area contributed by atoms with Crippen molar-refractivity contribution in [2.45, 2.75) is 0 Å². The normalized spacial score (nSPS) is 12.2. The highest BCUT2D eigenvalue weighted by Gasteiger charge is 2.19. The molecule has 5 heteroatoms. The monoisotopic (exact) mass is 912 g/mol. The molecular formula is C65H44N4S. The van der Waals surface area contributed by atoms with E-state index in [0.717, 1.165) is 44.7 Å². The fraction of sp³-hybridized carbons (Fsp3) is 0.0154. The topological polar surface area (TPSA) is 35.1 Å². The van der Waals surface area contributed by atoms with Gasteiger partial charge in [-0.25, -0.2) is 0 Å². The fourth-order valence-electron chi connectivity index (χ4n) is 10.5.